The molecule has 10 heteroatoms. The highest BCUT2D eigenvalue weighted by Gasteiger charge is 2.33. The van der Waals surface area contributed by atoms with E-state index < -0.39 is 28.0 Å². The van der Waals surface area contributed by atoms with E-state index in [9.17, 15) is 18.0 Å². The number of benzene rings is 2. The van der Waals surface area contributed by atoms with Gasteiger partial charge in [-0.05, 0) is 56.9 Å². The molecule has 1 heterocycles. The minimum atomic E-state index is -4.25. The van der Waals surface area contributed by atoms with Gasteiger partial charge >= 0.3 is 0 Å². The molecule has 0 spiro atoms. The maximum Gasteiger partial charge on any atom is 0.296 e. The number of nitrogens with zero attached hydrogens (tertiary/aromatic N) is 4. The molecule has 1 aliphatic carbocycles. The summed E-state index contributed by atoms with van der Waals surface area (Å²) < 4.78 is 31.7. The van der Waals surface area contributed by atoms with Gasteiger partial charge in [0.15, 0.2) is 0 Å². The number of hydrazone groups is 1. The molecule has 4 rings (SSSR count). The van der Waals surface area contributed by atoms with Gasteiger partial charge in [0.2, 0.25) is 0 Å². The zero-order valence-electron chi connectivity index (χ0n) is 24.1. The van der Waals surface area contributed by atoms with Crippen molar-refractivity contribution in [3.63, 3.8) is 0 Å². The second-order valence-corrected chi connectivity index (χ2v) is 12.5. The maximum absolute atomic E-state index is 13.9. The molecule has 1 fully saturated rings. The molecule has 1 N–H and O–H groups in total. The van der Waals surface area contributed by atoms with Crippen LogP contribution in [0.2, 0.25) is 0 Å². The highest BCUT2D eigenvalue weighted by atomic mass is 32.2. The number of amides is 1. The normalized spacial score (nSPS) is 15.4. The van der Waals surface area contributed by atoms with E-state index >= 15 is 0 Å². The van der Waals surface area contributed by atoms with Crippen LogP contribution in [-0.4, -0.2) is 35.9 Å². The molecule has 0 radical (unpaired) electrons. The number of hydrogen-bond acceptors (Lipinski definition) is 5. The van der Waals surface area contributed by atoms with Gasteiger partial charge in [-0.15, -0.1) is 0 Å². The van der Waals surface area contributed by atoms with Crippen LogP contribution in [0.4, 0.5) is 5.69 Å². The topological polar surface area (TPSA) is 106 Å². The van der Waals surface area contributed by atoms with Crippen LogP contribution in [0.3, 0.4) is 0 Å². The predicted molar refractivity (Wildman–Crippen MR) is 163 cm³/mol. The summed E-state index contributed by atoms with van der Waals surface area (Å²) in [5.74, 6) is -0.600. The van der Waals surface area contributed by atoms with Crippen molar-refractivity contribution in [2.45, 2.75) is 82.4 Å². The fourth-order valence-electron chi connectivity index (χ4n) is 5.28. The lowest BCUT2D eigenvalue weighted by Crippen LogP contribution is -2.42. The first kappa shape index (κ1) is 30.3. The van der Waals surface area contributed by atoms with Gasteiger partial charge in [0.1, 0.15) is 12.2 Å². The lowest BCUT2D eigenvalue weighted by molar-refractivity contribution is -0.119. The van der Waals surface area contributed by atoms with Gasteiger partial charge in [-0.25, -0.2) is 22.8 Å². The third kappa shape index (κ3) is 7.55. The number of carbonyl (C=O) groups is 1. The van der Waals surface area contributed by atoms with Gasteiger partial charge < -0.3 is 0 Å². The molecule has 0 bridgehead atoms. The van der Waals surface area contributed by atoms with Crippen LogP contribution >= 0.6 is 0 Å². The van der Waals surface area contributed by atoms with Crippen molar-refractivity contribution in [1.82, 2.24) is 14.8 Å². The Kier molecular flexibility index (Phi) is 10.6. The highest BCUT2D eigenvalue weighted by molar-refractivity contribution is 7.92. The fraction of sp³-hybridized carbons (Fsp3) is 0.452. The summed E-state index contributed by atoms with van der Waals surface area (Å²) in [5, 5.41) is 4.43. The summed E-state index contributed by atoms with van der Waals surface area (Å²) in [6.07, 6.45) is 12.2. The highest BCUT2D eigenvalue weighted by Crippen LogP contribution is 2.25. The molecule has 3 aromatic rings. The van der Waals surface area contributed by atoms with Crippen LogP contribution in [0.25, 0.3) is 5.69 Å². The standard InChI is InChI=1S/C31H41N5O4S/c1-25-30(31(38)36(34(25)2)27-20-14-10-15-21-27)35(41(39,40)28-22-16-11-17-23-28)24-29(37)33-32-26-18-12-8-6-4-3-5-7-9-13-19-26/h10-11,14-17,20-23H,3-9,12-13,18-19,24H2,1-2H3,(H,33,37). The average Bonchev–Trinajstić information content (AvgIpc) is 3.19. The van der Waals surface area contributed by atoms with E-state index in [4.69, 9.17) is 0 Å². The molecule has 1 aliphatic rings. The van der Waals surface area contributed by atoms with E-state index in [2.05, 4.69) is 10.5 Å². The summed E-state index contributed by atoms with van der Waals surface area (Å²) in [5.41, 5.74) is 3.93. The third-order valence-corrected chi connectivity index (χ3v) is 9.42. The smallest absolute Gasteiger partial charge is 0.283 e. The quantitative estimate of drug-likeness (QED) is 0.376. The van der Waals surface area contributed by atoms with E-state index in [1.165, 1.54) is 48.9 Å². The van der Waals surface area contributed by atoms with Crippen LogP contribution in [0.15, 0.2) is 75.5 Å². The van der Waals surface area contributed by atoms with Crippen molar-refractivity contribution >= 4 is 27.3 Å². The Bertz CT molecular complexity index is 1480. The van der Waals surface area contributed by atoms with Gasteiger partial charge in [0, 0.05) is 12.8 Å². The summed E-state index contributed by atoms with van der Waals surface area (Å²) in [6, 6.07) is 16.8. The van der Waals surface area contributed by atoms with E-state index in [-0.39, 0.29) is 10.6 Å². The zero-order valence-corrected chi connectivity index (χ0v) is 24.9. The average molecular weight is 580 g/mol. The molecule has 220 valence electrons. The van der Waals surface area contributed by atoms with Crippen LogP contribution in [0.1, 0.15) is 76.3 Å². The Hall–Kier alpha value is -3.66. The molecule has 9 nitrogen and oxygen atoms in total. The minimum Gasteiger partial charge on any atom is -0.283 e. The molecule has 2 aromatic carbocycles. The summed E-state index contributed by atoms with van der Waals surface area (Å²) >= 11 is 0. The molecule has 0 aliphatic heterocycles. The molecular formula is C31H41N5O4S. The van der Waals surface area contributed by atoms with Crippen molar-refractivity contribution in [2.75, 3.05) is 10.8 Å². The van der Waals surface area contributed by atoms with Crippen molar-refractivity contribution in [1.29, 1.82) is 0 Å². The number of nitrogens with one attached hydrogen (secondary N) is 1. The Morgan fingerprint density at radius 2 is 1.37 bits per heavy atom. The largest absolute Gasteiger partial charge is 0.296 e. The van der Waals surface area contributed by atoms with E-state index in [0.717, 1.165) is 48.5 Å². The molecular weight excluding hydrogens is 538 g/mol. The van der Waals surface area contributed by atoms with E-state index in [0.29, 0.717) is 11.4 Å². The molecule has 1 saturated carbocycles. The Balaban J connectivity index is 1.65. The number of anilines is 1. The van der Waals surface area contributed by atoms with Crippen LogP contribution in [0, 0.1) is 6.92 Å². The summed E-state index contributed by atoms with van der Waals surface area (Å²) in [4.78, 5) is 27.0. The van der Waals surface area contributed by atoms with Crippen LogP contribution in [-0.2, 0) is 21.9 Å². The molecule has 0 saturated heterocycles. The van der Waals surface area contributed by atoms with Crippen LogP contribution in [0.5, 0.6) is 0 Å². The van der Waals surface area contributed by atoms with Gasteiger partial charge in [-0.3, -0.25) is 14.3 Å². The number of hydrogen-bond donors (Lipinski definition) is 1. The summed E-state index contributed by atoms with van der Waals surface area (Å²) in [7, 11) is -2.56. The second kappa shape index (κ2) is 14.3. The van der Waals surface area contributed by atoms with E-state index in [1.807, 2.05) is 6.07 Å². The van der Waals surface area contributed by atoms with Crippen molar-refractivity contribution in [2.24, 2.45) is 12.1 Å². The SMILES string of the molecule is Cc1c(N(CC(=O)NN=C2CCCCCCCCCCC2)S(=O)(=O)c2ccccc2)c(=O)n(-c2ccccc2)n1C. The van der Waals surface area contributed by atoms with Gasteiger partial charge in [-0.1, -0.05) is 81.3 Å². The summed E-state index contributed by atoms with van der Waals surface area (Å²) in [6.45, 7) is 1.09. The lowest BCUT2D eigenvalue weighted by atomic mass is 10.00. The number of rotatable bonds is 7. The van der Waals surface area contributed by atoms with Crippen molar-refractivity contribution in [3.8, 4) is 5.69 Å². The first-order valence-electron chi connectivity index (χ1n) is 14.6. The van der Waals surface area contributed by atoms with Gasteiger partial charge in [0.05, 0.1) is 16.3 Å². The third-order valence-electron chi connectivity index (χ3n) is 7.66. The molecule has 41 heavy (non-hydrogen) atoms. The van der Waals surface area contributed by atoms with Crippen LogP contribution < -0.4 is 15.3 Å². The number of sulfonamides is 1. The fourth-order valence-corrected chi connectivity index (χ4v) is 6.78. The Labute approximate surface area is 242 Å². The maximum atomic E-state index is 13.9. The van der Waals surface area contributed by atoms with Gasteiger partial charge in [0.25, 0.3) is 21.5 Å². The number of carbonyl (C=O) groups excluding carboxylic acids is 1. The Morgan fingerprint density at radius 1 is 0.854 bits per heavy atom. The molecule has 0 atom stereocenters. The second-order valence-electron chi connectivity index (χ2n) is 10.6. The Morgan fingerprint density at radius 3 is 1.93 bits per heavy atom. The van der Waals surface area contributed by atoms with E-state index in [1.54, 1.807) is 61.1 Å². The monoisotopic (exact) mass is 579 g/mol. The zero-order chi connectivity index (χ0) is 29.2. The van der Waals surface area contributed by atoms with Gasteiger partial charge in [-0.2, -0.15) is 5.10 Å². The predicted octanol–water partition coefficient (Wildman–Crippen LogP) is 5.46. The number of aromatic nitrogens is 2. The number of para-hydroxylation sites is 1. The lowest BCUT2D eigenvalue weighted by Gasteiger charge is -2.22. The molecule has 0 unspecified atom stereocenters. The minimum absolute atomic E-state index is 0.00709. The van der Waals surface area contributed by atoms with Crippen molar-refractivity contribution < 1.29 is 13.2 Å². The first-order valence-corrected chi connectivity index (χ1v) is 16.0. The molecule has 1 amide bonds. The molecule has 1 aromatic heterocycles. The van der Waals surface area contributed by atoms with Crippen molar-refractivity contribution in [3.05, 3.63) is 76.7 Å². The first-order chi connectivity index (χ1) is 19.8.